The van der Waals surface area contributed by atoms with E-state index < -0.39 is 11.4 Å². The molecule has 0 spiro atoms. The molecule has 0 N–H and O–H groups in total. The number of halogens is 1. The van der Waals surface area contributed by atoms with Crippen molar-refractivity contribution < 1.29 is 13.7 Å². The van der Waals surface area contributed by atoms with E-state index in [1.807, 2.05) is 0 Å². The van der Waals surface area contributed by atoms with E-state index in [0.29, 0.717) is 29.5 Å². The minimum atomic E-state index is -0.796. The smallest absolute Gasteiger partial charge is 0.259 e. The highest BCUT2D eigenvalue weighted by Gasteiger charge is 2.44. The predicted octanol–water partition coefficient (Wildman–Crippen LogP) is 3.86. The van der Waals surface area contributed by atoms with Crippen LogP contribution in [0.15, 0.2) is 34.9 Å². The van der Waals surface area contributed by atoms with Crippen molar-refractivity contribution in [3.63, 3.8) is 0 Å². The van der Waals surface area contributed by atoms with E-state index in [-0.39, 0.29) is 22.9 Å². The molecule has 136 valence electrons. The molecule has 0 unspecified atom stereocenters. The lowest BCUT2D eigenvalue weighted by molar-refractivity contribution is 0.0499. The molecular weight excluding hydrogens is 347 g/mol. The number of carbonyl (C=O) groups excluding carboxylic acids is 1. The molecule has 2 aromatic heterocycles. The van der Waals surface area contributed by atoms with Crippen molar-refractivity contribution in [2.75, 3.05) is 7.05 Å². The maximum Gasteiger partial charge on any atom is 0.259 e. The Morgan fingerprint density at radius 2 is 2.11 bits per heavy atom. The largest absolute Gasteiger partial charge is 0.335 e. The van der Waals surface area contributed by atoms with E-state index in [9.17, 15) is 14.4 Å². The summed E-state index contributed by atoms with van der Waals surface area (Å²) in [6, 6.07) is 10.0. The molecule has 0 radical (unpaired) electrons. The molecule has 2 heterocycles. The summed E-state index contributed by atoms with van der Waals surface area (Å²) in [6.07, 6.45) is 2.19. The second-order valence-corrected chi connectivity index (χ2v) is 6.84. The van der Waals surface area contributed by atoms with E-state index >= 15 is 0 Å². The first kappa shape index (κ1) is 17.2. The third-order valence-electron chi connectivity index (χ3n) is 5.33. The average Bonchev–Trinajstić information content (AvgIpc) is 3.01. The van der Waals surface area contributed by atoms with Gasteiger partial charge in [0.15, 0.2) is 0 Å². The van der Waals surface area contributed by atoms with E-state index in [2.05, 4.69) is 16.2 Å². The van der Waals surface area contributed by atoms with Crippen LogP contribution in [-0.2, 0) is 0 Å². The number of pyridine rings is 1. The molecule has 1 aliphatic carbocycles. The van der Waals surface area contributed by atoms with Gasteiger partial charge in [-0.15, -0.1) is 0 Å². The topological polar surface area (TPSA) is 83.0 Å². The van der Waals surface area contributed by atoms with Gasteiger partial charge >= 0.3 is 0 Å². The molecule has 1 fully saturated rings. The molecule has 1 amide bonds. The van der Waals surface area contributed by atoms with Gasteiger partial charge in [-0.25, -0.2) is 9.37 Å². The number of hydrogen-bond donors (Lipinski definition) is 0. The first-order chi connectivity index (χ1) is 13.0. The maximum atomic E-state index is 14.3. The number of nitriles is 1. The van der Waals surface area contributed by atoms with Crippen molar-refractivity contribution in [2.45, 2.75) is 31.7 Å². The molecule has 1 aromatic carbocycles. The Morgan fingerprint density at radius 3 is 2.74 bits per heavy atom. The number of aromatic nitrogens is 2. The molecule has 3 aromatic rings. The molecule has 0 aliphatic heterocycles. The van der Waals surface area contributed by atoms with Gasteiger partial charge in [0.05, 0.1) is 28.4 Å². The van der Waals surface area contributed by atoms with Crippen molar-refractivity contribution >= 4 is 17.0 Å². The summed E-state index contributed by atoms with van der Waals surface area (Å²) in [6.45, 7) is 1.72. The van der Waals surface area contributed by atoms with E-state index in [0.717, 1.165) is 6.42 Å². The molecule has 1 saturated carbocycles. The van der Waals surface area contributed by atoms with Crippen molar-refractivity contribution in [2.24, 2.45) is 0 Å². The summed E-state index contributed by atoms with van der Waals surface area (Å²) in [5, 5.41) is 14.0. The number of amides is 1. The second-order valence-electron chi connectivity index (χ2n) is 6.84. The first-order valence-corrected chi connectivity index (χ1v) is 8.68. The van der Waals surface area contributed by atoms with Crippen LogP contribution in [-0.4, -0.2) is 33.5 Å². The molecule has 7 heteroatoms. The van der Waals surface area contributed by atoms with Crippen LogP contribution in [0.25, 0.3) is 22.4 Å². The lowest BCUT2D eigenvalue weighted by atomic mass is 9.76. The van der Waals surface area contributed by atoms with Crippen LogP contribution in [0.2, 0.25) is 0 Å². The van der Waals surface area contributed by atoms with Gasteiger partial charge in [-0.2, -0.15) is 5.26 Å². The highest BCUT2D eigenvalue weighted by Crippen LogP contribution is 2.38. The Morgan fingerprint density at radius 1 is 1.37 bits per heavy atom. The van der Waals surface area contributed by atoms with Gasteiger partial charge in [-0.05, 0) is 44.4 Å². The van der Waals surface area contributed by atoms with Crippen LogP contribution in [0.1, 0.15) is 35.3 Å². The van der Waals surface area contributed by atoms with Gasteiger partial charge in [0.25, 0.3) is 11.6 Å². The molecule has 4 rings (SSSR count). The van der Waals surface area contributed by atoms with Crippen LogP contribution in [0.5, 0.6) is 0 Å². The SMILES string of the molecule is Cc1noc2nc(-c3ccccc3F)cc(C(=O)N(C)C3(C#N)CCC3)c12. The number of fused-ring (bicyclic) bond motifs is 1. The van der Waals surface area contributed by atoms with Crippen LogP contribution in [0.4, 0.5) is 4.39 Å². The van der Waals surface area contributed by atoms with Crippen molar-refractivity contribution in [3.8, 4) is 17.3 Å². The van der Waals surface area contributed by atoms with Crippen LogP contribution in [0.3, 0.4) is 0 Å². The number of benzene rings is 1. The van der Waals surface area contributed by atoms with E-state index in [4.69, 9.17) is 4.52 Å². The summed E-state index contributed by atoms with van der Waals surface area (Å²) in [5.74, 6) is -0.771. The lowest BCUT2D eigenvalue weighted by Gasteiger charge is -2.43. The maximum absolute atomic E-state index is 14.3. The Hall–Kier alpha value is -3.27. The van der Waals surface area contributed by atoms with Crippen LogP contribution >= 0.6 is 0 Å². The molecule has 27 heavy (non-hydrogen) atoms. The van der Waals surface area contributed by atoms with Crippen LogP contribution < -0.4 is 0 Å². The molecule has 0 bridgehead atoms. The predicted molar refractivity (Wildman–Crippen MR) is 96.2 cm³/mol. The van der Waals surface area contributed by atoms with Gasteiger partial charge in [-0.1, -0.05) is 17.3 Å². The van der Waals surface area contributed by atoms with Crippen LogP contribution in [0, 0.1) is 24.1 Å². The van der Waals surface area contributed by atoms with Crippen molar-refractivity contribution in [1.82, 2.24) is 15.0 Å². The fourth-order valence-corrected chi connectivity index (χ4v) is 3.48. The molecule has 0 saturated heterocycles. The number of rotatable bonds is 3. The average molecular weight is 364 g/mol. The second kappa shape index (κ2) is 6.16. The zero-order valence-corrected chi connectivity index (χ0v) is 15.0. The van der Waals surface area contributed by atoms with Gasteiger partial charge in [0.1, 0.15) is 11.4 Å². The monoisotopic (exact) mass is 364 g/mol. The highest BCUT2D eigenvalue weighted by atomic mass is 19.1. The zero-order chi connectivity index (χ0) is 19.2. The summed E-state index contributed by atoms with van der Waals surface area (Å²) in [4.78, 5) is 19.1. The van der Waals surface area contributed by atoms with E-state index in [1.54, 1.807) is 38.2 Å². The fraction of sp³-hybridized carbons (Fsp3) is 0.300. The summed E-state index contributed by atoms with van der Waals surface area (Å²) in [5.41, 5.74) is 0.757. The Labute approximate surface area is 155 Å². The first-order valence-electron chi connectivity index (χ1n) is 8.68. The van der Waals surface area contributed by atoms with Gasteiger partial charge in [0, 0.05) is 12.6 Å². The highest BCUT2D eigenvalue weighted by molar-refractivity contribution is 6.07. The molecule has 6 nitrogen and oxygen atoms in total. The number of nitrogens with zero attached hydrogens (tertiary/aromatic N) is 4. The normalized spacial score (nSPS) is 15.2. The Balaban J connectivity index is 1.89. The minimum Gasteiger partial charge on any atom is -0.335 e. The fourth-order valence-electron chi connectivity index (χ4n) is 3.48. The van der Waals surface area contributed by atoms with Crippen molar-refractivity contribution in [3.05, 3.63) is 47.4 Å². The number of hydrogen-bond acceptors (Lipinski definition) is 5. The van der Waals surface area contributed by atoms with E-state index in [1.165, 1.54) is 11.0 Å². The van der Waals surface area contributed by atoms with Crippen molar-refractivity contribution in [1.29, 1.82) is 5.26 Å². The third-order valence-corrected chi connectivity index (χ3v) is 5.33. The number of carbonyl (C=O) groups is 1. The molecule has 1 aliphatic rings. The Kier molecular flexibility index (Phi) is 3.92. The standard InChI is InChI=1S/C20H17FN4O2/c1-12-17-14(19(26)25(2)20(11-22)8-5-9-20)10-16(23-18(17)27-24-12)13-6-3-4-7-15(13)21/h3-4,6-7,10H,5,8-9H2,1-2H3. The molecular formula is C20H17FN4O2. The van der Waals surface area contributed by atoms with Gasteiger partial charge < -0.3 is 9.42 Å². The Bertz CT molecular complexity index is 1100. The number of aryl methyl sites for hydroxylation is 1. The zero-order valence-electron chi connectivity index (χ0n) is 15.0. The quantitative estimate of drug-likeness (QED) is 0.705. The summed E-state index contributed by atoms with van der Waals surface area (Å²) < 4.78 is 19.5. The summed E-state index contributed by atoms with van der Waals surface area (Å²) in [7, 11) is 1.63. The third kappa shape index (κ3) is 2.56. The molecule has 0 atom stereocenters. The summed E-state index contributed by atoms with van der Waals surface area (Å²) >= 11 is 0. The van der Waals surface area contributed by atoms with Gasteiger partial charge in [-0.3, -0.25) is 4.79 Å². The lowest BCUT2D eigenvalue weighted by Crippen LogP contribution is -2.53. The minimum absolute atomic E-state index is 0.171. The van der Waals surface area contributed by atoms with Gasteiger partial charge in [0.2, 0.25) is 0 Å².